The van der Waals surface area contributed by atoms with Crippen molar-refractivity contribution in [2.45, 2.75) is 18.7 Å². The molecule has 2 atom stereocenters. The molecular weight excluding hydrogens is 398 g/mol. The number of hydrogen-bond acceptors (Lipinski definition) is 7. The van der Waals surface area contributed by atoms with E-state index < -0.39 is 11.2 Å². The number of para-hydroxylation sites is 1. The maximum absolute atomic E-state index is 11.3. The molecule has 0 fully saturated rings. The van der Waals surface area contributed by atoms with Gasteiger partial charge in [-0.05, 0) is 24.3 Å². The summed E-state index contributed by atoms with van der Waals surface area (Å²) in [7, 11) is 0. The van der Waals surface area contributed by atoms with Gasteiger partial charge in [-0.2, -0.15) is 5.10 Å². The molecule has 0 saturated heterocycles. The SMILES string of the molecule is O=[N+]([O-])c1cccc([C@H]2Oc3ccccc3[C@@H]3CC(c4ccc5c(c4)OCO5)=NN23)c1. The van der Waals surface area contributed by atoms with E-state index in [9.17, 15) is 10.1 Å². The van der Waals surface area contributed by atoms with Crippen molar-refractivity contribution < 1.29 is 19.1 Å². The number of hydrogen-bond donors (Lipinski definition) is 0. The predicted molar refractivity (Wildman–Crippen MR) is 111 cm³/mol. The minimum absolute atomic E-state index is 0.0238. The molecular formula is C23H17N3O5. The van der Waals surface area contributed by atoms with Crippen molar-refractivity contribution in [1.29, 1.82) is 0 Å². The van der Waals surface area contributed by atoms with Crippen molar-refractivity contribution in [1.82, 2.24) is 5.01 Å². The molecule has 3 aromatic carbocycles. The Morgan fingerprint density at radius 2 is 1.84 bits per heavy atom. The number of nitro benzene ring substituents is 1. The quantitative estimate of drug-likeness (QED) is 0.460. The Hall–Kier alpha value is -4.07. The number of benzene rings is 3. The fourth-order valence-corrected chi connectivity index (χ4v) is 4.30. The van der Waals surface area contributed by atoms with Crippen LogP contribution >= 0.6 is 0 Å². The Kier molecular flexibility index (Phi) is 3.86. The smallest absolute Gasteiger partial charge is 0.269 e. The lowest BCUT2D eigenvalue weighted by molar-refractivity contribution is -0.385. The molecule has 8 heteroatoms. The predicted octanol–water partition coefficient (Wildman–Crippen LogP) is 4.57. The van der Waals surface area contributed by atoms with E-state index in [1.54, 1.807) is 12.1 Å². The summed E-state index contributed by atoms with van der Waals surface area (Å²) in [6.07, 6.45) is 0.122. The van der Waals surface area contributed by atoms with Crippen molar-refractivity contribution in [3.63, 3.8) is 0 Å². The highest BCUT2D eigenvalue weighted by molar-refractivity contribution is 6.02. The largest absolute Gasteiger partial charge is 0.464 e. The first kappa shape index (κ1) is 17.8. The highest BCUT2D eigenvalue weighted by atomic mass is 16.7. The molecule has 3 aromatic rings. The highest BCUT2D eigenvalue weighted by Crippen LogP contribution is 2.48. The Balaban J connectivity index is 1.43. The van der Waals surface area contributed by atoms with Gasteiger partial charge in [-0.3, -0.25) is 10.1 Å². The van der Waals surface area contributed by atoms with Gasteiger partial charge in [0.1, 0.15) is 5.75 Å². The van der Waals surface area contributed by atoms with Crippen molar-refractivity contribution in [2.75, 3.05) is 6.79 Å². The lowest BCUT2D eigenvalue weighted by atomic mass is 9.95. The zero-order valence-electron chi connectivity index (χ0n) is 16.3. The summed E-state index contributed by atoms with van der Waals surface area (Å²) in [6.45, 7) is 0.218. The summed E-state index contributed by atoms with van der Waals surface area (Å²) in [5.41, 5.74) is 3.61. The number of non-ortho nitro benzene ring substituents is 1. The van der Waals surface area contributed by atoms with Crippen LogP contribution in [0.1, 0.15) is 35.4 Å². The van der Waals surface area contributed by atoms with Crippen LogP contribution in [-0.2, 0) is 0 Å². The van der Waals surface area contributed by atoms with Gasteiger partial charge < -0.3 is 14.2 Å². The summed E-state index contributed by atoms with van der Waals surface area (Å²) in [4.78, 5) is 10.9. The molecule has 0 aromatic heterocycles. The third-order valence-electron chi connectivity index (χ3n) is 5.77. The van der Waals surface area contributed by atoms with Crippen LogP contribution in [0.4, 0.5) is 5.69 Å². The third kappa shape index (κ3) is 2.87. The summed E-state index contributed by atoms with van der Waals surface area (Å²) < 4.78 is 17.2. The summed E-state index contributed by atoms with van der Waals surface area (Å²) in [6, 6.07) is 20.2. The second-order valence-electron chi connectivity index (χ2n) is 7.57. The van der Waals surface area contributed by atoms with E-state index in [2.05, 4.69) is 0 Å². The van der Waals surface area contributed by atoms with Gasteiger partial charge in [-0.15, -0.1) is 0 Å². The van der Waals surface area contributed by atoms with Crippen LogP contribution in [-0.4, -0.2) is 22.4 Å². The second-order valence-corrected chi connectivity index (χ2v) is 7.57. The van der Waals surface area contributed by atoms with E-state index in [0.717, 1.165) is 28.3 Å². The van der Waals surface area contributed by atoms with E-state index in [1.807, 2.05) is 53.5 Å². The number of hydrazone groups is 1. The topological polar surface area (TPSA) is 86.4 Å². The first-order valence-electron chi connectivity index (χ1n) is 9.93. The monoisotopic (exact) mass is 415 g/mol. The van der Waals surface area contributed by atoms with Crippen LogP contribution in [0, 0.1) is 10.1 Å². The molecule has 154 valence electrons. The van der Waals surface area contributed by atoms with Gasteiger partial charge in [0, 0.05) is 35.2 Å². The van der Waals surface area contributed by atoms with Crippen LogP contribution in [0.15, 0.2) is 71.8 Å². The van der Waals surface area contributed by atoms with Crippen LogP contribution in [0.5, 0.6) is 17.2 Å². The van der Waals surface area contributed by atoms with E-state index in [-0.39, 0.29) is 18.5 Å². The molecule has 6 rings (SSSR count). The average Bonchev–Trinajstić information content (AvgIpc) is 3.45. The van der Waals surface area contributed by atoms with Gasteiger partial charge in [-0.1, -0.05) is 30.3 Å². The first-order chi connectivity index (χ1) is 15.2. The minimum Gasteiger partial charge on any atom is -0.464 e. The van der Waals surface area contributed by atoms with Crippen LogP contribution in [0.25, 0.3) is 0 Å². The Morgan fingerprint density at radius 1 is 0.968 bits per heavy atom. The van der Waals surface area contributed by atoms with Crippen molar-refractivity contribution in [2.24, 2.45) is 5.10 Å². The lowest BCUT2D eigenvalue weighted by Crippen LogP contribution is -2.33. The van der Waals surface area contributed by atoms with E-state index in [1.165, 1.54) is 6.07 Å². The molecule has 3 aliphatic rings. The maximum Gasteiger partial charge on any atom is 0.269 e. The maximum atomic E-state index is 11.3. The molecule has 0 N–H and O–H groups in total. The minimum atomic E-state index is -0.564. The van der Waals surface area contributed by atoms with Gasteiger partial charge in [0.05, 0.1) is 16.7 Å². The van der Waals surface area contributed by atoms with Gasteiger partial charge in [0.15, 0.2) is 11.5 Å². The molecule has 8 nitrogen and oxygen atoms in total. The molecule has 0 amide bonds. The molecule has 0 saturated carbocycles. The zero-order chi connectivity index (χ0) is 20.9. The van der Waals surface area contributed by atoms with Crippen molar-refractivity contribution >= 4 is 11.4 Å². The van der Waals surface area contributed by atoms with Crippen molar-refractivity contribution in [3.8, 4) is 17.2 Å². The van der Waals surface area contributed by atoms with E-state index >= 15 is 0 Å². The molecule has 3 heterocycles. The number of nitrogens with zero attached hydrogens (tertiary/aromatic N) is 3. The van der Waals surface area contributed by atoms with E-state index in [4.69, 9.17) is 19.3 Å². The second kappa shape index (κ2) is 6.73. The fraction of sp³-hybridized carbons (Fsp3) is 0.174. The summed E-state index contributed by atoms with van der Waals surface area (Å²) in [5.74, 6) is 2.20. The molecule has 0 spiro atoms. The molecule has 0 radical (unpaired) electrons. The summed E-state index contributed by atoms with van der Waals surface area (Å²) >= 11 is 0. The first-order valence-corrected chi connectivity index (χ1v) is 9.93. The fourth-order valence-electron chi connectivity index (χ4n) is 4.30. The Bertz CT molecular complexity index is 1240. The molecule has 0 bridgehead atoms. The molecule has 0 unspecified atom stereocenters. The van der Waals surface area contributed by atoms with Crippen LogP contribution in [0.2, 0.25) is 0 Å². The number of rotatable bonds is 3. The Labute approximate surface area is 177 Å². The average molecular weight is 415 g/mol. The Morgan fingerprint density at radius 3 is 2.74 bits per heavy atom. The summed E-state index contributed by atoms with van der Waals surface area (Å²) in [5, 5.41) is 18.1. The number of ether oxygens (including phenoxy) is 3. The molecule has 3 aliphatic heterocycles. The third-order valence-corrected chi connectivity index (χ3v) is 5.77. The van der Waals surface area contributed by atoms with Crippen molar-refractivity contribution in [3.05, 3.63) is 93.5 Å². The normalized spacial score (nSPS) is 20.5. The van der Waals surface area contributed by atoms with Gasteiger partial charge in [-0.25, -0.2) is 5.01 Å². The number of nitro groups is 1. The number of fused-ring (bicyclic) bond motifs is 4. The molecule has 0 aliphatic carbocycles. The van der Waals surface area contributed by atoms with Gasteiger partial charge >= 0.3 is 0 Å². The zero-order valence-corrected chi connectivity index (χ0v) is 16.3. The van der Waals surface area contributed by atoms with Crippen LogP contribution < -0.4 is 14.2 Å². The molecule has 31 heavy (non-hydrogen) atoms. The van der Waals surface area contributed by atoms with Crippen LogP contribution in [0.3, 0.4) is 0 Å². The van der Waals surface area contributed by atoms with Gasteiger partial charge in [0.25, 0.3) is 5.69 Å². The standard InChI is InChI=1S/C23H17N3O5/c27-26(28)16-5-3-4-15(10-16)23-25-19(17-6-1-2-7-20(17)31-23)12-18(24-25)14-8-9-21-22(11-14)30-13-29-21/h1-11,19,23H,12-13H2/t19-,23+/m0/s1. The van der Waals surface area contributed by atoms with Gasteiger partial charge in [0.2, 0.25) is 13.0 Å². The lowest BCUT2D eigenvalue weighted by Gasteiger charge is -2.38. The highest BCUT2D eigenvalue weighted by Gasteiger charge is 2.41. The van der Waals surface area contributed by atoms with E-state index in [0.29, 0.717) is 17.7 Å².